The molecule has 5 nitrogen and oxygen atoms in total. The van der Waals surface area contributed by atoms with Crippen LogP contribution in [0.2, 0.25) is 5.02 Å². The first-order valence-corrected chi connectivity index (χ1v) is 7.58. The van der Waals surface area contributed by atoms with Crippen molar-refractivity contribution in [1.29, 1.82) is 5.26 Å². The van der Waals surface area contributed by atoms with E-state index in [0.29, 0.717) is 29.6 Å². The Morgan fingerprint density at radius 2 is 2.13 bits per heavy atom. The first-order valence-electron chi connectivity index (χ1n) is 7.20. The first-order chi connectivity index (χ1) is 11.2. The summed E-state index contributed by atoms with van der Waals surface area (Å²) in [5.41, 5.74) is 1.22. The van der Waals surface area contributed by atoms with Crippen LogP contribution in [0.4, 0.5) is 0 Å². The number of likely N-dealkylation sites (tertiary alicyclic amines) is 1. The van der Waals surface area contributed by atoms with Gasteiger partial charge in [0.05, 0.1) is 19.5 Å². The topological polar surface area (TPSA) is 66.2 Å². The first kappa shape index (κ1) is 15.3. The molecule has 0 radical (unpaired) electrons. The maximum absolute atomic E-state index is 12.2. The van der Waals surface area contributed by atoms with E-state index in [4.69, 9.17) is 21.6 Å². The number of rotatable bonds is 4. The van der Waals surface area contributed by atoms with Crippen molar-refractivity contribution in [1.82, 2.24) is 9.88 Å². The van der Waals surface area contributed by atoms with E-state index >= 15 is 0 Å². The van der Waals surface area contributed by atoms with E-state index in [1.54, 1.807) is 29.3 Å². The molecular weight excluding hydrogens is 314 g/mol. The Bertz CT molecular complexity index is 766. The van der Waals surface area contributed by atoms with Crippen LogP contribution in [0.25, 0.3) is 0 Å². The molecule has 23 heavy (non-hydrogen) atoms. The molecule has 0 unspecified atom stereocenters. The lowest BCUT2D eigenvalue weighted by atomic mass is 10.1. The molecule has 6 heteroatoms. The molecule has 1 fully saturated rings. The highest BCUT2D eigenvalue weighted by Gasteiger charge is 2.33. The number of carbonyl (C=O) groups is 1. The zero-order chi connectivity index (χ0) is 16.2. The van der Waals surface area contributed by atoms with Gasteiger partial charge in [-0.3, -0.25) is 4.79 Å². The van der Waals surface area contributed by atoms with E-state index in [-0.39, 0.29) is 18.4 Å². The van der Waals surface area contributed by atoms with E-state index < -0.39 is 0 Å². The van der Waals surface area contributed by atoms with Crippen molar-refractivity contribution < 1.29 is 9.53 Å². The van der Waals surface area contributed by atoms with Crippen LogP contribution in [0.15, 0.2) is 42.6 Å². The molecule has 116 valence electrons. The summed E-state index contributed by atoms with van der Waals surface area (Å²) in [6.45, 7) is 0.982. The highest BCUT2D eigenvalue weighted by molar-refractivity contribution is 6.31. The monoisotopic (exact) mass is 327 g/mol. The average Bonchev–Trinajstić information content (AvgIpc) is 2.53. The predicted octanol–water partition coefficient (Wildman–Crippen LogP) is 2.44. The van der Waals surface area contributed by atoms with Crippen LogP contribution in [0, 0.1) is 11.3 Å². The molecule has 1 saturated heterocycles. The van der Waals surface area contributed by atoms with Gasteiger partial charge in [-0.2, -0.15) is 5.26 Å². The van der Waals surface area contributed by atoms with E-state index in [9.17, 15) is 4.79 Å². The fourth-order valence-electron chi connectivity index (χ4n) is 2.36. The van der Waals surface area contributed by atoms with Gasteiger partial charge in [0.15, 0.2) is 0 Å². The average molecular weight is 328 g/mol. The van der Waals surface area contributed by atoms with Crippen molar-refractivity contribution in [3.8, 4) is 11.9 Å². The minimum absolute atomic E-state index is 0.0134. The van der Waals surface area contributed by atoms with E-state index in [1.165, 1.54) is 0 Å². The second-order valence-electron chi connectivity index (χ2n) is 5.27. The van der Waals surface area contributed by atoms with Crippen molar-refractivity contribution in [2.24, 2.45) is 0 Å². The van der Waals surface area contributed by atoms with E-state index in [0.717, 1.165) is 5.56 Å². The standard InChI is InChI=1S/C17H14ClN3O2/c18-15-6-2-1-4-12(15)8-16(22)21-10-14(11-21)23-17-13(9-19)5-3-7-20-17/h1-7,14H,8,10-11H2. The maximum atomic E-state index is 12.2. The Labute approximate surface area is 139 Å². The van der Waals surface area contributed by atoms with E-state index in [1.807, 2.05) is 24.3 Å². The smallest absolute Gasteiger partial charge is 0.232 e. The Hall–Kier alpha value is -2.58. The molecule has 3 rings (SSSR count). The van der Waals surface area contributed by atoms with Crippen LogP contribution in [0.1, 0.15) is 11.1 Å². The lowest BCUT2D eigenvalue weighted by molar-refractivity contribution is -0.139. The minimum Gasteiger partial charge on any atom is -0.470 e. The summed E-state index contributed by atoms with van der Waals surface area (Å²) < 4.78 is 5.67. The van der Waals surface area contributed by atoms with Gasteiger partial charge < -0.3 is 9.64 Å². The number of amides is 1. The van der Waals surface area contributed by atoms with Crippen LogP contribution < -0.4 is 4.74 Å². The molecule has 0 N–H and O–H groups in total. The summed E-state index contributed by atoms with van der Waals surface area (Å²) in [6, 6.07) is 12.7. The normalized spacial score (nSPS) is 14.0. The number of hydrogen-bond donors (Lipinski definition) is 0. The molecule has 1 amide bonds. The van der Waals surface area contributed by atoms with Gasteiger partial charge in [0, 0.05) is 11.2 Å². The zero-order valence-corrected chi connectivity index (χ0v) is 13.0. The summed E-state index contributed by atoms with van der Waals surface area (Å²) in [4.78, 5) is 18.0. The molecule has 1 aliphatic rings. The zero-order valence-electron chi connectivity index (χ0n) is 12.3. The molecule has 1 aliphatic heterocycles. The van der Waals surface area contributed by atoms with E-state index in [2.05, 4.69) is 4.98 Å². The number of ether oxygens (including phenoxy) is 1. The highest BCUT2D eigenvalue weighted by atomic mass is 35.5. The fraction of sp³-hybridized carbons (Fsp3) is 0.235. The molecule has 0 aliphatic carbocycles. The molecule has 0 saturated carbocycles. The third-order valence-electron chi connectivity index (χ3n) is 3.67. The second kappa shape index (κ2) is 6.67. The van der Waals surface area contributed by atoms with Gasteiger partial charge in [-0.15, -0.1) is 0 Å². The van der Waals surface area contributed by atoms with Gasteiger partial charge in [0.25, 0.3) is 0 Å². The van der Waals surface area contributed by atoms with Gasteiger partial charge in [-0.1, -0.05) is 29.8 Å². The highest BCUT2D eigenvalue weighted by Crippen LogP contribution is 2.21. The summed E-state index contributed by atoms with van der Waals surface area (Å²) in [5.74, 6) is 0.331. The number of halogens is 1. The predicted molar refractivity (Wildman–Crippen MR) is 85.1 cm³/mol. The number of hydrogen-bond acceptors (Lipinski definition) is 4. The molecule has 1 aromatic carbocycles. The lowest BCUT2D eigenvalue weighted by Gasteiger charge is -2.38. The van der Waals surface area contributed by atoms with Crippen molar-refractivity contribution in [2.75, 3.05) is 13.1 Å². The molecular formula is C17H14ClN3O2. The minimum atomic E-state index is -0.132. The van der Waals surface area contributed by atoms with Gasteiger partial charge >= 0.3 is 0 Å². The Morgan fingerprint density at radius 3 is 2.87 bits per heavy atom. The molecule has 0 atom stereocenters. The van der Waals surface area contributed by atoms with Crippen molar-refractivity contribution in [3.05, 3.63) is 58.7 Å². The third-order valence-corrected chi connectivity index (χ3v) is 4.04. The van der Waals surface area contributed by atoms with Crippen LogP contribution >= 0.6 is 11.6 Å². The van der Waals surface area contributed by atoms with Gasteiger partial charge in [-0.05, 0) is 23.8 Å². The van der Waals surface area contributed by atoms with Crippen LogP contribution in [-0.2, 0) is 11.2 Å². The second-order valence-corrected chi connectivity index (χ2v) is 5.68. The molecule has 1 aromatic heterocycles. The van der Waals surface area contributed by atoms with Gasteiger partial charge in [-0.25, -0.2) is 4.98 Å². The van der Waals surface area contributed by atoms with Crippen LogP contribution in [-0.4, -0.2) is 35.0 Å². The lowest BCUT2D eigenvalue weighted by Crippen LogP contribution is -2.56. The summed E-state index contributed by atoms with van der Waals surface area (Å²) in [7, 11) is 0. The number of nitrogens with zero attached hydrogens (tertiary/aromatic N) is 3. The van der Waals surface area contributed by atoms with Gasteiger partial charge in [0.1, 0.15) is 17.7 Å². The largest absolute Gasteiger partial charge is 0.470 e. The number of aromatic nitrogens is 1. The quantitative estimate of drug-likeness (QED) is 0.865. The summed E-state index contributed by atoms with van der Waals surface area (Å²) in [5, 5.41) is 9.60. The molecule has 0 spiro atoms. The van der Waals surface area contributed by atoms with Crippen LogP contribution in [0.3, 0.4) is 0 Å². The van der Waals surface area contributed by atoms with Crippen molar-refractivity contribution in [2.45, 2.75) is 12.5 Å². The Morgan fingerprint density at radius 1 is 1.35 bits per heavy atom. The van der Waals surface area contributed by atoms with Crippen molar-refractivity contribution >= 4 is 17.5 Å². The maximum Gasteiger partial charge on any atom is 0.232 e. The van der Waals surface area contributed by atoms with Crippen molar-refractivity contribution in [3.63, 3.8) is 0 Å². The molecule has 0 bridgehead atoms. The Balaban J connectivity index is 1.54. The van der Waals surface area contributed by atoms with Gasteiger partial charge in [0.2, 0.25) is 11.8 Å². The fourth-order valence-corrected chi connectivity index (χ4v) is 2.56. The third kappa shape index (κ3) is 3.43. The summed E-state index contributed by atoms with van der Waals surface area (Å²) >= 11 is 6.07. The number of benzene rings is 1. The number of pyridine rings is 1. The number of nitriles is 1. The molecule has 2 aromatic rings. The molecule has 2 heterocycles. The SMILES string of the molecule is N#Cc1cccnc1OC1CN(C(=O)Cc2ccccc2Cl)C1. The van der Waals surface area contributed by atoms with Crippen LogP contribution in [0.5, 0.6) is 5.88 Å². The Kier molecular flexibility index (Phi) is 4.45. The number of carbonyl (C=O) groups excluding carboxylic acids is 1. The summed E-state index contributed by atoms with van der Waals surface area (Å²) in [6.07, 6.45) is 1.72.